The summed E-state index contributed by atoms with van der Waals surface area (Å²) in [6, 6.07) is 4.06. The Morgan fingerprint density at radius 3 is 3.10 bits per heavy atom. The summed E-state index contributed by atoms with van der Waals surface area (Å²) in [5.41, 5.74) is 5.61. The third-order valence-corrected chi connectivity index (χ3v) is 3.45. The molecule has 0 saturated carbocycles. The number of hydrogen-bond acceptors (Lipinski definition) is 2. The Bertz CT molecular complexity index is 363. The van der Waals surface area contributed by atoms with E-state index in [1.54, 1.807) is 11.3 Å². The van der Waals surface area contributed by atoms with Crippen LogP contribution in [-0.4, -0.2) is 2.78 Å². The van der Waals surface area contributed by atoms with Crippen molar-refractivity contribution in [3.63, 3.8) is 0 Å². The van der Waals surface area contributed by atoms with E-state index >= 15 is 0 Å². The molecule has 0 radical (unpaired) electrons. The number of aromatic nitrogens is 1. The highest BCUT2D eigenvalue weighted by atomic mass is 127. The van der Waals surface area contributed by atoms with E-state index in [0.29, 0.717) is 0 Å². The van der Waals surface area contributed by atoms with Gasteiger partial charge in [-0.1, -0.05) is 11.3 Å². The molecular weight excluding hydrogens is 259 g/mol. The Morgan fingerprint density at radius 2 is 2.40 bits per heavy atom. The first-order chi connectivity index (χ1) is 4.77. The number of halogens is 1. The van der Waals surface area contributed by atoms with Gasteiger partial charge in [-0.3, -0.25) is 2.78 Å². The molecule has 2 nitrogen and oxygen atoms in total. The van der Waals surface area contributed by atoms with Gasteiger partial charge in [0.1, 0.15) is 4.83 Å². The molecule has 2 aromatic rings. The summed E-state index contributed by atoms with van der Waals surface area (Å²) >= 11 is 3.86. The minimum atomic E-state index is 0.885. The maximum absolute atomic E-state index is 5.61. The van der Waals surface area contributed by atoms with Crippen LogP contribution < -0.4 is 5.73 Å². The normalized spacial score (nSPS) is 10.9. The van der Waals surface area contributed by atoms with Gasteiger partial charge in [-0.05, 0) is 12.1 Å². The predicted molar refractivity (Wildman–Crippen MR) is 53.6 cm³/mol. The molecular formula is C6H5IN2S. The molecule has 0 unspecified atom stereocenters. The topological polar surface area (TPSA) is 30.9 Å². The molecule has 0 saturated heterocycles. The minimum absolute atomic E-state index is 0.885. The van der Waals surface area contributed by atoms with Gasteiger partial charge < -0.3 is 5.73 Å². The van der Waals surface area contributed by atoms with Crippen molar-refractivity contribution in [3.05, 3.63) is 18.3 Å². The summed E-state index contributed by atoms with van der Waals surface area (Å²) in [5.74, 6) is 0. The third kappa shape index (κ3) is 0.826. The van der Waals surface area contributed by atoms with Crippen LogP contribution in [0.25, 0.3) is 10.2 Å². The van der Waals surface area contributed by atoms with E-state index in [1.807, 2.05) is 15.0 Å². The van der Waals surface area contributed by atoms with Gasteiger partial charge in [0.25, 0.3) is 0 Å². The monoisotopic (exact) mass is 264 g/mol. The fourth-order valence-electron chi connectivity index (χ4n) is 0.915. The molecule has 2 aromatic heterocycles. The number of fused-ring (bicyclic) bond motifs is 1. The van der Waals surface area contributed by atoms with E-state index in [4.69, 9.17) is 5.73 Å². The summed E-state index contributed by atoms with van der Waals surface area (Å²) < 4.78 is 2.05. The van der Waals surface area contributed by atoms with E-state index in [1.165, 1.54) is 10.2 Å². The first-order valence-electron chi connectivity index (χ1n) is 2.80. The number of thiophene rings is 1. The van der Waals surface area contributed by atoms with Crippen LogP contribution in [0, 0.1) is 0 Å². The molecule has 0 aromatic carbocycles. The second-order valence-electron chi connectivity index (χ2n) is 2.04. The van der Waals surface area contributed by atoms with E-state index in [2.05, 4.69) is 28.9 Å². The van der Waals surface area contributed by atoms with Gasteiger partial charge in [0.2, 0.25) is 0 Å². The van der Waals surface area contributed by atoms with Crippen LogP contribution in [0.2, 0.25) is 0 Å². The molecule has 0 spiro atoms. The lowest BCUT2D eigenvalue weighted by Gasteiger charge is -1.83. The third-order valence-electron chi connectivity index (χ3n) is 1.34. The largest absolute Gasteiger partial charge is 0.391 e. The van der Waals surface area contributed by atoms with Crippen LogP contribution in [0.1, 0.15) is 0 Å². The standard InChI is InChI=1S/C6H5IN2S/c7-9-2-1-4-3-5(8)10-6(4)9/h1-3H,8H2. The number of nitrogens with two attached hydrogens (primary N) is 1. The van der Waals surface area contributed by atoms with Gasteiger partial charge in [0.05, 0.1) is 27.9 Å². The first kappa shape index (κ1) is 6.48. The quantitative estimate of drug-likeness (QED) is 0.728. The lowest BCUT2D eigenvalue weighted by atomic mass is 10.4. The molecule has 0 aliphatic rings. The molecule has 0 bridgehead atoms. The van der Waals surface area contributed by atoms with Crippen LogP contribution >= 0.6 is 34.2 Å². The zero-order valence-corrected chi connectivity index (χ0v) is 8.02. The lowest BCUT2D eigenvalue weighted by Crippen LogP contribution is -1.73. The van der Waals surface area contributed by atoms with Crippen LogP contribution in [0.4, 0.5) is 5.00 Å². The molecule has 0 aliphatic heterocycles. The van der Waals surface area contributed by atoms with Crippen molar-refractivity contribution < 1.29 is 0 Å². The van der Waals surface area contributed by atoms with Crippen molar-refractivity contribution in [1.29, 1.82) is 0 Å². The molecule has 0 fully saturated rings. The van der Waals surface area contributed by atoms with Gasteiger partial charge in [-0.2, -0.15) is 0 Å². The average molecular weight is 264 g/mol. The van der Waals surface area contributed by atoms with Gasteiger partial charge in [-0.25, -0.2) is 0 Å². The number of nitrogen functional groups attached to an aromatic ring is 1. The fraction of sp³-hybridized carbons (Fsp3) is 0. The molecule has 2 heterocycles. The summed E-state index contributed by atoms with van der Waals surface area (Å²) in [7, 11) is 0. The van der Waals surface area contributed by atoms with Crippen LogP contribution in [0.3, 0.4) is 0 Å². The highest BCUT2D eigenvalue weighted by Crippen LogP contribution is 2.29. The van der Waals surface area contributed by atoms with Crippen LogP contribution in [0.15, 0.2) is 18.3 Å². The fourth-order valence-corrected chi connectivity index (χ4v) is 2.45. The van der Waals surface area contributed by atoms with Crippen LogP contribution in [-0.2, 0) is 0 Å². The van der Waals surface area contributed by atoms with Gasteiger partial charge >= 0.3 is 0 Å². The maximum atomic E-state index is 5.61. The van der Waals surface area contributed by atoms with Crippen molar-refractivity contribution in [3.8, 4) is 0 Å². The Morgan fingerprint density at radius 1 is 1.60 bits per heavy atom. The smallest absolute Gasteiger partial charge is 0.113 e. The van der Waals surface area contributed by atoms with Crippen molar-refractivity contribution in [1.82, 2.24) is 2.78 Å². The van der Waals surface area contributed by atoms with E-state index in [9.17, 15) is 0 Å². The molecule has 0 aliphatic carbocycles. The highest BCUT2D eigenvalue weighted by Gasteiger charge is 2.01. The summed E-state index contributed by atoms with van der Waals surface area (Å²) in [6.45, 7) is 0. The van der Waals surface area contributed by atoms with E-state index in [-0.39, 0.29) is 0 Å². The Balaban J connectivity index is 2.90. The lowest BCUT2D eigenvalue weighted by molar-refractivity contribution is 1.45. The Labute approximate surface area is 76.1 Å². The summed E-state index contributed by atoms with van der Waals surface area (Å²) in [6.07, 6.45) is 2.03. The molecule has 0 amide bonds. The first-order valence-corrected chi connectivity index (χ1v) is 4.58. The zero-order valence-electron chi connectivity index (χ0n) is 5.04. The molecule has 2 rings (SSSR count). The maximum Gasteiger partial charge on any atom is 0.113 e. The van der Waals surface area contributed by atoms with E-state index in [0.717, 1.165) is 5.00 Å². The number of anilines is 1. The van der Waals surface area contributed by atoms with Gasteiger partial charge in [-0.15, -0.1) is 0 Å². The van der Waals surface area contributed by atoms with Crippen molar-refractivity contribution in [2.24, 2.45) is 0 Å². The highest BCUT2D eigenvalue weighted by molar-refractivity contribution is 14.1. The number of nitrogens with zero attached hydrogens (tertiary/aromatic N) is 1. The van der Waals surface area contributed by atoms with Crippen molar-refractivity contribution in [2.45, 2.75) is 0 Å². The second kappa shape index (κ2) is 2.13. The van der Waals surface area contributed by atoms with Gasteiger partial charge in [0.15, 0.2) is 0 Å². The Kier molecular flexibility index (Phi) is 1.38. The van der Waals surface area contributed by atoms with Gasteiger partial charge in [0, 0.05) is 11.6 Å². The number of rotatable bonds is 0. The van der Waals surface area contributed by atoms with Crippen LogP contribution in [0.5, 0.6) is 0 Å². The van der Waals surface area contributed by atoms with Crippen molar-refractivity contribution in [2.75, 3.05) is 5.73 Å². The Hall–Kier alpha value is -0.230. The summed E-state index contributed by atoms with van der Waals surface area (Å²) in [4.78, 5) is 1.23. The van der Waals surface area contributed by atoms with Crippen molar-refractivity contribution >= 4 is 49.4 Å². The zero-order chi connectivity index (χ0) is 7.14. The second-order valence-corrected chi connectivity index (χ2v) is 4.14. The summed E-state index contributed by atoms with van der Waals surface area (Å²) in [5, 5.41) is 2.12. The molecule has 10 heavy (non-hydrogen) atoms. The SMILES string of the molecule is Nc1cc2ccn(I)c2s1. The molecule has 4 heteroatoms. The minimum Gasteiger partial charge on any atom is -0.391 e. The average Bonchev–Trinajstić information content (AvgIpc) is 2.35. The number of hydrogen-bond donors (Lipinski definition) is 1. The predicted octanol–water partition coefficient (Wildman–Crippen LogP) is 2.48. The molecule has 0 atom stereocenters. The molecule has 52 valence electrons. The van der Waals surface area contributed by atoms with E-state index < -0.39 is 0 Å². The molecule has 2 N–H and O–H groups in total.